The van der Waals surface area contributed by atoms with Crippen LogP contribution in [0.25, 0.3) is 0 Å². The van der Waals surface area contributed by atoms with Gasteiger partial charge in [0.1, 0.15) is 12.4 Å². The van der Waals surface area contributed by atoms with Gasteiger partial charge in [-0.2, -0.15) is 11.8 Å². The normalized spacial score (nSPS) is 18.3. The molecule has 22 heavy (non-hydrogen) atoms. The number of nitrogens with zero attached hydrogens (tertiary/aromatic N) is 1. The van der Waals surface area contributed by atoms with E-state index < -0.39 is 0 Å². The Hall–Kier alpha value is -1.36. The molecule has 5 heteroatoms. The number of thioether (sulfide) groups is 1. The number of aliphatic imine (C=N–C) groups is 1. The fraction of sp³-hybridized carbons (Fsp3) is 0.588. The molecule has 1 aliphatic rings. The fourth-order valence-corrected chi connectivity index (χ4v) is 3.79. The van der Waals surface area contributed by atoms with Gasteiger partial charge in [0, 0.05) is 18.8 Å². The van der Waals surface area contributed by atoms with Crippen molar-refractivity contribution in [2.24, 2.45) is 4.99 Å². The number of benzene rings is 1. The number of rotatable bonds is 6. The van der Waals surface area contributed by atoms with Crippen LogP contribution in [0.1, 0.15) is 24.0 Å². The third-order valence-corrected chi connectivity index (χ3v) is 5.19. The van der Waals surface area contributed by atoms with Gasteiger partial charge in [-0.1, -0.05) is 18.2 Å². The van der Waals surface area contributed by atoms with Crippen molar-refractivity contribution in [1.82, 2.24) is 10.6 Å². The number of aryl methyl sites for hydroxylation is 2. The van der Waals surface area contributed by atoms with Crippen molar-refractivity contribution in [2.75, 3.05) is 32.5 Å². The molecular formula is C17H27N3OS. The van der Waals surface area contributed by atoms with Crippen LogP contribution in [-0.4, -0.2) is 43.7 Å². The van der Waals surface area contributed by atoms with Crippen molar-refractivity contribution in [1.29, 1.82) is 0 Å². The summed E-state index contributed by atoms with van der Waals surface area (Å²) in [6.07, 6.45) is 2.65. The molecule has 1 aromatic carbocycles. The van der Waals surface area contributed by atoms with Gasteiger partial charge in [-0.05, 0) is 43.6 Å². The van der Waals surface area contributed by atoms with Gasteiger partial charge in [0.25, 0.3) is 0 Å². The van der Waals surface area contributed by atoms with E-state index in [0.717, 1.165) is 30.0 Å². The molecular weight excluding hydrogens is 294 g/mol. The number of nitrogens with one attached hydrogen (secondary N) is 2. The maximum atomic E-state index is 5.89. The van der Waals surface area contributed by atoms with E-state index in [0.29, 0.717) is 6.61 Å². The van der Waals surface area contributed by atoms with Crippen LogP contribution in [0.15, 0.2) is 23.2 Å². The van der Waals surface area contributed by atoms with E-state index in [1.165, 1.54) is 29.7 Å². The highest BCUT2D eigenvalue weighted by Gasteiger charge is 2.15. The van der Waals surface area contributed by atoms with Crippen molar-refractivity contribution >= 4 is 17.7 Å². The summed E-state index contributed by atoms with van der Waals surface area (Å²) in [6.45, 7) is 6.52. The highest BCUT2D eigenvalue weighted by Crippen LogP contribution is 2.25. The van der Waals surface area contributed by atoms with Crippen LogP contribution in [-0.2, 0) is 0 Å². The van der Waals surface area contributed by atoms with E-state index in [1.807, 2.05) is 7.05 Å². The zero-order chi connectivity index (χ0) is 15.8. The zero-order valence-electron chi connectivity index (χ0n) is 13.8. The maximum absolute atomic E-state index is 5.89. The standard InChI is InChI=1S/C17H27N3OS/c1-13-6-4-7-14(2)16(13)21-10-9-19-17(18-3)20-12-15-8-5-11-22-15/h4,6-7,15H,5,8-12H2,1-3H3,(H2,18,19,20). The summed E-state index contributed by atoms with van der Waals surface area (Å²) in [5, 5.41) is 7.43. The largest absolute Gasteiger partial charge is 0.491 e. The minimum absolute atomic E-state index is 0.630. The van der Waals surface area contributed by atoms with Crippen molar-refractivity contribution in [2.45, 2.75) is 31.9 Å². The molecule has 0 amide bonds. The van der Waals surface area contributed by atoms with Crippen LogP contribution in [0.3, 0.4) is 0 Å². The lowest BCUT2D eigenvalue weighted by Gasteiger charge is -2.16. The van der Waals surface area contributed by atoms with Gasteiger partial charge < -0.3 is 15.4 Å². The second kappa shape index (κ2) is 8.93. The first-order valence-electron chi connectivity index (χ1n) is 7.96. The van der Waals surface area contributed by atoms with Gasteiger partial charge in [-0.25, -0.2) is 0 Å². The molecule has 1 aromatic rings. The molecule has 1 fully saturated rings. The minimum Gasteiger partial charge on any atom is -0.491 e. The van der Waals surface area contributed by atoms with E-state index in [2.05, 4.69) is 59.4 Å². The van der Waals surface area contributed by atoms with E-state index in [-0.39, 0.29) is 0 Å². The summed E-state index contributed by atoms with van der Waals surface area (Å²) in [4.78, 5) is 4.26. The molecule has 0 radical (unpaired) electrons. The predicted octanol–water partition coefficient (Wildman–Crippen LogP) is 2.74. The van der Waals surface area contributed by atoms with Crippen LogP contribution < -0.4 is 15.4 Å². The number of guanidine groups is 1. The Kier molecular flexibility index (Phi) is 6.90. The fourth-order valence-electron chi connectivity index (χ4n) is 2.59. The molecule has 2 N–H and O–H groups in total. The number of hydrogen-bond donors (Lipinski definition) is 2. The molecule has 0 bridgehead atoms. The Morgan fingerprint density at radius 1 is 1.32 bits per heavy atom. The van der Waals surface area contributed by atoms with Crippen LogP contribution in [0, 0.1) is 13.8 Å². The second-order valence-electron chi connectivity index (χ2n) is 5.58. The molecule has 1 unspecified atom stereocenters. The summed E-state index contributed by atoms with van der Waals surface area (Å²) < 4.78 is 5.89. The average molecular weight is 321 g/mol. The van der Waals surface area contributed by atoms with Gasteiger partial charge in [0.2, 0.25) is 0 Å². The summed E-state index contributed by atoms with van der Waals surface area (Å²) >= 11 is 2.05. The summed E-state index contributed by atoms with van der Waals surface area (Å²) in [5.41, 5.74) is 2.36. The van der Waals surface area contributed by atoms with Crippen molar-refractivity contribution in [3.63, 3.8) is 0 Å². The molecule has 0 saturated carbocycles. The molecule has 0 spiro atoms. The summed E-state index contributed by atoms with van der Waals surface area (Å²) in [5.74, 6) is 3.15. The third kappa shape index (κ3) is 5.13. The van der Waals surface area contributed by atoms with Crippen molar-refractivity contribution < 1.29 is 4.74 Å². The maximum Gasteiger partial charge on any atom is 0.191 e. The van der Waals surface area contributed by atoms with Gasteiger partial charge in [-0.15, -0.1) is 0 Å². The molecule has 1 atom stereocenters. The van der Waals surface area contributed by atoms with Gasteiger partial charge >= 0.3 is 0 Å². The van der Waals surface area contributed by atoms with Crippen molar-refractivity contribution in [3.8, 4) is 5.75 Å². The lowest BCUT2D eigenvalue weighted by molar-refractivity contribution is 0.317. The Labute approximate surface area is 138 Å². The molecule has 4 nitrogen and oxygen atoms in total. The zero-order valence-corrected chi connectivity index (χ0v) is 14.6. The quantitative estimate of drug-likeness (QED) is 0.480. The van der Waals surface area contributed by atoms with Gasteiger partial charge in [0.15, 0.2) is 5.96 Å². The molecule has 1 aliphatic heterocycles. The number of ether oxygens (including phenoxy) is 1. The Bertz CT molecular complexity index is 478. The topological polar surface area (TPSA) is 45.7 Å². The van der Waals surface area contributed by atoms with Crippen molar-refractivity contribution in [3.05, 3.63) is 29.3 Å². The average Bonchev–Trinajstić information content (AvgIpc) is 3.02. The monoisotopic (exact) mass is 321 g/mol. The summed E-state index contributed by atoms with van der Waals surface area (Å²) in [7, 11) is 1.81. The van der Waals surface area contributed by atoms with Crippen LogP contribution in [0.5, 0.6) is 5.75 Å². The number of hydrogen-bond acceptors (Lipinski definition) is 3. The minimum atomic E-state index is 0.630. The molecule has 1 saturated heterocycles. The molecule has 2 rings (SSSR count). The third-order valence-electron chi connectivity index (χ3n) is 3.79. The molecule has 1 heterocycles. The smallest absolute Gasteiger partial charge is 0.191 e. The van der Waals surface area contributed by atoms with Crippen LogP contribution in [0.2, 0.25) is 0 Å². The first kappa shape index (κ1) is 17.0. The van der Waals surface area contributed by atoms with Gasteiger partial charge in [0.05, 0.1) is 6.54 Å². The first-order valence-corrected chi connectivity index (χ1v) is 9.00. The SMILES string of the molecule is CN=C(NCCOc1c(C)cccc1C)NCC1CCCS1. The van der Waals surface area contributed by atoms with E-state index in [9.17, 15) is 0 Å². The van der Waals surface area contributed by atoms with Gasteiger partial charge in [-0.3, -0.25) is 4.99 Å². The number of para-hydroxylation sites is 1. The molecule has 0 aliphatic carbocycles. The first-order chi connectivity index (χ1) is 10.7. The van der Waals surface area contributed by atoms with E-state index >= 15 is 0 Å². The molecule has 122 valence electrons. The lowest BCUT2D eigenvalue weighted by atomic mass is 10.1. The lowest BCUT2D eigenvalue weighted by Crippen LogP contribution is -2.41. The van der Waals surface area contributed by atoms with Crippen LogP contribution >= 0.6 is 11.8 Å². The second-order valence-corrected chi connectivity index (χ2v) is 6.99. The highest BCUT2D eigenvalue weighted by molar-refractivity contribution is 8.00. The van der Waals surface area contributed by atoms with E-state index in [4.69, 9.17) is 4.74 Å². The molecule has 0 aromatic heterocycles. The van der Waals surface area contributed by atoms with Crippen LogP contribution in [0.4, 0.5) is 0 Å². The predicted molar refractivity (Wildman–Crippen MR) is 96.3 cm³/mol. The van der Waals surface area contributed by atoms with E-state index in [1.54, 1.807) is 0 Å². The summed E-state index contributed by atoms with van der Waals surface area (Å²) in [6, 6.07) is 6.22. The Balaban J connectivity index is 1.68. The Morgan fingerprint density at radius 2 is 2.09 bits per heavy atom. The Morgan fingerprint density at radius 3 is 2.73 bits per heavy atom. The highest BCUT2D eigenvalue weighted by atomic mass is 32.2.